The van der Waals surface area contributed by atoms with E-state index in [0.717, 1.165) is 12.0 Å². The third-order valence-electron chi connectivity index (χ3n) is 3.52. The topological polar surface area (TPSA) is 62.3 Å². The van der Waals surface area contributed by atoms with E-state index in [1.807, 2.05) is 26.0 Å². The van der Waals surface area contributed by atoms with Crippen LogP contribution in [0.15, 0.2) is 24.5 Å². The van der Waals surface area contributed by atoms with Crippen molar-refractivity contribution in [3.63, 3.8) is 0 Å². The molecule has 1 aromatic rings. The Morgan fingerprint density at radius 2 is 2.11 bits per heavy atom. The standard InChI is InChI=1S/C14H19N3O2/c1-3-10(2)17-13(18)8-12(14(17)19)16-9-11-4-6-15-7-5-11/h4-7,10,12,16H,3,8-9H2,1-2H3. The summed E-state index contributed by atoms with van der Waals surface area (Å²) in [6, 6.07) is 3.36. The molecule has 0 saturated carbocycles. The molecule has 1 aromatic heterocycles. The van der Waals surface area contributed by atoms with Crippen molar-refractivity contribution < 1.29 is 9.59 Å². The number of pyridine rings is 1. The summed E-state index contributed by atoms with van der Waals surface area (Å²) in [7, 11) is 0. The number of imide groups is 1. The van der Waals surface area contributed by atoms with E-state index in [0.29, 0.717) is 6.54 Å². The van der Waals surface area contributed by atoms with Crippen molar-refractivity contribution in [3.8, 4) is 0 Å². The number of aromatic nitrogens is 1. The minimum absolute atomic E-state index is 0.0206. The van der Waals surface area contributed by atoms with Crippen LogP contribution in [0.2, 0.25) is 0 Å². The first kappa shape index (κ1) is 13.7. The first-order chi connectivity index (χ1) is 9.13. The lowest BCUT2D eigenvalue weighted by molar-refractivity contribution is -0.141. The number of rotatable bonds is 5. The van der Waals surface area contributed by atoms with E-state index in [-0.39, 0.29) is 24.3 Å². The van der Waals surface area contributed by atoms with Gasteiger partial charge in [-0.25, -0.2) is 0 Å². The maximum atomic E-state index is 12.2. The molecular formula is C14H19N3O2. The fourth-order valence-electron chi connectivity index (χ4n) is 2.20. The normalized spacial score (nSPS) is 20.9. The molecular weight excluding hydrogens is 242 g/mol. The van der Waals surface area contributed by atoms with E-state index in [4.69, 9.17) is 0 Å². The van der Waals surface area contributed by atoms with Crippen molar-refractivity contribution in [3.05, 3.63) is 30.1 Å². The average Bonchev–Trinajstić information content (AvgIpc) is 2.71. The van der Waals surface area contributed by atoms with E-state index in [2.05, 4.69) is 10.3 Å². The van der Waals surface area contributed by atoms with E-state index in [1.54, 1.807) is 12.4 Å². The van der Waals surface area contributed by atoms with Crippen LogP contribution in [0.25, 0.3) is 0 Å². The monoisotopic (exact) mass is 261 g/mol. The Balaban J connectivity index is 1.96. The van der Waals surface area contributed by atoms with Gasteiger partial charge >= 0.3 is 0 Å². The lowest BCUT2D eigenvalue weighted by Gasteiger charge is -2.21. The molecule has 5 heteroatoms. The number of hydrogen-bond acceptors (Lipinski definition) is 4. The predicted molar refractivity (Wildman–Crippen MR) is 71.1 cm³/mol. The first-order valence-corrected chi connectivity index (χ1v) is 6.61. The van der Waals surface area contributed by atoms with E-state index < -0.39 is 6.04 Å². The third-order valence-corrected chi connectivity index (χ3v) is 3.52. The highest BCUT2D eigenvalue weighted by Crippen LogP contribution is 2.18. The number of carbonyl (C=O) groups is 2. The minimum Gasteiger partial charge on any atom is -0.301 e. The zero-order valence-corrected chi connectivity index (χ0v) is 11.3. The summed E-state index contributed by atoms with van der Waals surface area (Å²) >= 11 is 0. The molecule has 2 rings (SSSR count). The molecule has 2 unspecified atom stereocenters. The molecule has 1 N–H and O–H groups in total. The molecule has 1 saturated heterocycles. The van der Waals surface area contributed by atoms with Gasteiger partial charge in [0.1, 0.15) is 0 Å². The Labute approximate surface area is 113 Å². The minimum atomic E-state index is -0.394. The second kappa shape index (κ2) is 5.93. The number of nitrogens with zero attached hydrogens (tertiary/aromatic N) is 2. The molecule has 0 aromatic carbocycles. The summed E-state index contributed by atoms with van der Waals surface area (Å²) in [6.45, 7) is 4.45. The molecule has 2 heterocycles. The van der Waals surface area contributed by atoms with Crippen molar-refractivity contribution in [2.45, 2.75) is 45.3 Å². The maximum Gasteiger partial charge on any atom is 0.247 e. The molecule has 2 amide bonds. The lowest BCUT2D eigenvalue weighted by Crippen LogP contribution is -2.42. The Bertz CT molecular complexity index is 461. The molecule has 0 radical (unpaired) electrons. The molecule has 102 valence electrons. The van der Waals surface area contributed by atoms with Crippen LogP contribution in [0.5, 0.6) is 0 Å². The second-order valence-electron chi connectivity index (χ2n) is 4.85. The molecule has 0 spiro atoms. The molecule has 19 heavy (non-hydrogen) atoms. The number of carbonyl (C=O) groups excluding carboxylic acids is 2. The molecule has 0 bridgehead atoms. The lowest BCUT2D eigenvalue weighted by atomic mass is 10.2. The van der Waals surface area contributed by atoms with Crippen LogP contribution in [0.3, 0.4) is 0 Å². The van der Waals surface area contributed by atoms with Gasteiger partial charge in [0.2, 0.25) is 11.8 Å². The number of likely N-dealkylation sites (tertiary alicyclic amines) is 1. The molecule has 1 aliphatic rings. The molecule has 1 aliphatic heterocycles. The molecule has 2 atom stereocenters. The van der Waals surface area contributed by atoms with Crippen LogP contribution in [-0.2, 0) is 16.1 Å². The Morgan fingerprint density at radius 3 is 2.74 bits per heavy atom. The van der Waals surface area contributed by atoms with Crippen LogP contribution in [0.4, 0.5) is 0 Å². The van der Waals surface area contributed by atoms with Crippen molar-refractivity contribution in [2.75, 3.05) is 0 Å². The Morgan fingerprint density at radius 1 is 1.42 bits per heavy atom. The van der Waals surface area contributed by atoms with Gasteiger partial charge in [-0.15, -0.1) is 0 Å². The van der Waals surface area contributed by atoms with Crippen molar-refractivity contribution in [2.24, 2.45) is 0 Å². The van der Waals surface area contributed by atoms with Crippen molar-refractivity contribution in [1.82, 2.24) is 15.2 Å². The average molecular weight is 261 g/mol. The second-order valence-corrected chi connectivity index (χ2v) is 4.85. The summed E-state index contributed by atoms with van der Waals surface area (Å²) < 4.78 is 0. The number of nitrogens with one attached hydrogen (secondary N) is 1. The summed E-state index contributed by atoms with van der Waals surface area (Å²) in [5.74, 6) is -0.181. The van der Waals surface area contributed by atoms with Gasteiger partial charge in [0, 0.05) is 25.0 Å². The highest BCUT2D eigenvalue weighted by Gasteiger charge is 2.40. The van der Waals surface area contributed by atoms with Gasteiger partial charge < -0.3 is 5.32 Å². The van der Waals surface area contributed by atoms with Gasteiger partial charge in [-0.2, -0.15) is 0 Å². The molecule has 5 nitrogen and oxygen atoms in total. The van der Waals surface area contributed by atoms with Gasteiger partial charge in [0.05, 0.1) is 12.5 Å². The van der Waals surface area contributed by atoms with Crippen molar-refractivity contribution >= 4 is 11.8 Å². The largest absolute Gasteiger partial charge is 0.301 e. The van der Waals surface area contributed by atoms with Crippen LogP contribution < -0.4 is 5.32 Å². The summed E-state index contributed by atoms with van der Waals surface area (Å²) in [5, 5.41) is 3.15. The highest BCUT2D eigenvalue weighted by molar-refractivity contribution is 6.05. The van der Waals surface area contributed by atoms with Crippen LogP contribution in [0.1, 0.15) is 32.3 Å². The summed E-state index contributed by atoms with van der Waals surface area (Å²) in [5.41, 5.74) is 1.05. The smallest absolute Gasteiger partial charge is 0.247 e. The fourth-order valence-corrected chi connectivity index (χ4v) is 2.20. The Hall–Kier alpha value is -1.75. The van der Waals surface area contributed by atoms with E-state index in [1.165, 1.54) is 4.90 Å². The summed E-state index contributed by atoms with van der Waals surface area (Å²) in [4.78, 5) is 29.4. The zero-order valence-electron chi connectivity index (χ0n) is 11.3. The van der Waals surface area contributed by atoms with E-state index >= 15 is 0 Å². The SMILES string of the molecule is CCC(C)N1C(=O)CC(NCc2ccncc2)C1=O. The quantitative estimate of drug-likeness (QED) is 0.806. The fraction of sp³-hybridized carbons (Fsp3) is 0.500. The summed E-state index contributed by atoms with van der Waals surface area (Å²) in [6.07, 6.45) is 4.47. The van der Waals surface area contributed by atoms with Gasteiger partial charge in [-0.1, -0.05) is 6.92 Å². The van der Waals surface area contributed by atoms with Crippen LogP contribution in [0, 0.1) is 0 Å². The maximum absolute atomic E-state index is 12.2. The molecule has 0 aliphatic carbocycles. The molecule has 1 fully saturated rings. The van der Waals surface area contributed by atoms with Crippen molar-refractivity contribution in [1.29, 1.82) is 0 Å². The number of amides is 2. The van der Waals surface area contributed by atoms with Gasteiger partial charge in [-0.05, 0) is 31.0 Å². The van der Waals surface area contributed by atoms with Gasteiger partial charge in [0.15, 0.2) is 0 Å². The highest BCUT2D eigenvalue weighted by atomic mass is 16.2. The Kier molecular flexibility index (Phi) is 4.27. The zero-order chi connectivity index (χ0) is 13.8. The third kappa shape index (κ3) is 2.98. The van der Waals surface area contributed by atoms with Gasteiger partial charge in [0.25, 0.3) is 0 Å². The van der Waals surface area contributed by atoms with Crippen LogP contribution in [-0.4, -0.2) is 33.8 Å². The van der Waals surface area contributed by atoms with Gasteiger partial charge in [-0.3, -0.25) is 19.5 Å². The van der Waals surface area contributed by atoms with Crippen LogP contribution >= 0.6 is 0 Å². The predicted octanol–water partition coefficient (Wildman–Crippen LogP) is 1.10. The first-order valence-electron chi connectivity index (χ1n) is 6.61. The van der Waals surface area contributed by atoms with E-state index in [9.17, 15) is 9.59 Å². The number of hydrogen-bond donors (Lipinski definition) is 1.